The number of hydrogen-bond acceptors (Lipinski definition) is 7. The highest BCUT2D eigenvalue weighted by atomic mass is 32.2. The van der Waals surface area contributed by atoms with Crippen LogP contribution in [0.2, 0.25) is 0 Å². The van der Waals surface area contributed by atoms with E-state index < -0.39 is 25.7 Å². The lowest BCUT2D eigenvalue weighted by Crippen LogP contribution is -2.34. The molecule has 0 saturated heterocycles. The molecule has 11 heteroatoms. The van der Waals surface area contributed by atoms with Gasteiger partial charge in [-0.3, -0.25) is 14.9 Å². The van der Waals surface area contributed by atoms with Crippen LogP contribution in [-0.4, -0.2) is 30.5 Å². The van der Waals surface area contributed by atoms with Crippen molar-refractivity contribution in [1.29, 1.82) is 0 Å². The number of amides is 1. The first kappa shape index (κ1) is 29.3. The molecule has 1 aliphatic rings. The normalized spacial score (nSPS) is 16.9. The molecule has 42 heavy (non-hydrogen) atoms. The zero-order chi connectivity index (χ0) is 29.7. The number of anilines is 1. The van der Waals surface area contributed by atoms with Crippen LogP contribution in [0.25, 0.3) is 11.1 Å². The fraction of sp³-hybridized carbons (Fsp3) is 0.194. The molecule has 1 saturated carbocycles. The van der Waals surface area contributed by atoms with Gasteiger partial charge in [0.1, 0.15) is 11.5 Å². The molecule has 0 aromatic heterocycles. The third-order valence-corrected chi connectivity index (χ3v) is 9.84. The number of thioether (sulfide) groups is 1. The summed E-state index contributed by atoms with van der Waals surface area (Å²) in [5, 5.41) is 15.5. The Morgan fingerprint density at radius 1 is 0.881 bits per heavy atom. The van der Waals surface area contributed by atoms with Crippen LogP contribution < -0.4 is 10.0 Å². The smallest absolute Gasteiger partial charge is 0.293 e. The second kappa shape index (κ2) is 12.7. The van der Waals surface area contributed by atoms with Gasteiger partial charge in [0.15, 0.2) is 0 Å². The van der Waals surface area contributed by atoms with Gasteiger partial charge < -0.3 is 5.32 Å². The Labute approximate surface area is 247 Å². The fourth-order valence-electron chi connectivity index (χ4n) is 4.92. The molecule has 4 aromatic carbocycles. The van der Waals surface area contributed by atoms with Gasteiger partial charge in [-0.25, -0.2) is 17.5 Å². The maximum absolute atomic E-state index is 13.2. The van der Waals surface area contributed by atoms with Crippen molar-refractivity contribution in [2.24, 2.45) is 0 Å². The van der Waals surface area contributed by atoms with Crippen molar-refractivity contribution in [3.63, 3.8) is 0 Å². The van der Waals surface area contributed by atoms with Crippen molar-refractivity contribution in [3.05, 3.63) is 119 Å². The number of nitrogens with zero attached hydrogens (tertiary/aromatic N) is 1. The van der Waals surface area contributed by atoms with Gasteiger partial charge in [0.25, 0.3) is 21.6 Å². The van der Waals surface area contributed by atoms with Crippen LogP contribution in [0.5, 0.6) is 0 Å². The van der Waals surface area contributed by atoms with Gasteiger partial charge in [0.2, 0.25) is 0 Å². The SMILES string of the molecule is O=C(NS(=O)(=O)c1ccc(N[C@H]2CCCC[C@H]2Sc2ccccc2)c([N+](=O)[O-])c1)c1ccc(-c2ccc(F)cc2)cc1. The molecule has 4 aromatic rings. The minimum absolute atomic E-state index is 0.0392. The number of benzene rings is 4. The summed E-state index contributed by atoms with van der Waals surface area (Å²) in [4.78, 5) is 24.9. The molecule has 0 radical (unpaired) electrons. The van der Waals surface area contributed by atoms with E-state index in [4.69, 9.17) is 0 Å². The quantitative estimate of drug-likeness (QED) is 0.155. The van der Waals surface area contributed by atoms with Crippen LogP contribution in [0.1, 0.15) is 36.0 Å². The Hall–Kier alpha value is -4.22. The Bertz CT molecular complexity index is 1680. The molecular formula is C31H28FN3O5S2. The number of nitro benzene ring substituents is 1. The van der Waals surface area contributed by atoms with E-state index in [0.717, 1.165) is 47.8 Å². The first-order valence-electron chi connectivity index (χ1n) is 13.4. The number of carbonyl (C=O) groups excluding carboxylic acids is 1. The Morgan fingerprint density at radius 2 is 1.52 bits per heavy atom. The summed E-state index contributed by atoms with van der Waals surface area (Å²) in [5.74, 6) is -1.25. The van der Waals surface area contributed by atoms with E-state index in [9.17, 15) is 27.7 Å². The van der Waals surface area contributed by atoms with Crippen LogP contribution in [0.15, 0.2) is 107 Å². The Balaban J connectivity index is 1.31. The van der Waals surface area contributed by atoms with E-state index in [-0.39, 0.29) is 34.0 Å². The zero-order valence-corrected chi connectivity index (χ0v) is 24.0. The largest absolute Gasteiger partial charge is 0.376 e. The average Bonchev–Trinajstić information content (AvgIpc) is 2.99. The van der Waals surface area contributed by atoms with Crippen molar-refractivity contribution in [1.82, 2.24) is 4.72 Å². The third-order valence-electron chi connectivity index (χ3n) is 7.10. The highest BCUT2D eigenvalue weighted by Gasteiger charge is 2.29. The molecule has 2 atom stereocenters. The summed E-state index contributed by atoms with van der Waals surface area (Å²) in [6.07, 6.45) is 3.84. The van der Waals surface area contributed by atoms with E-state index >= 15 is 0 Å². The number of halogens is 1. The summed E-state index contributed by atoms with van der Waals surface area (Å²) in [6.45, 7) is 0. The number of sulfonamides is 1. The molecule has 1 amide bonds. The van der Waals surface area contributed by atoms with Gasteiger partial charge in [-0.15, -0.1) is 11.8 Å². The standard InChI is InChI=1S/C31H28FN3O5S2/c32-24-16-14-22(15-17-24)21-10-12-23(13-11-21)31(36)34-42(39,40)26-18-19-27(29(20-26)35(37)38)33-28-8-4-5-9-30(28)41-25-6-2-1-3-7-25/h1-3,6-7,10-20,28,30,33H,4-5,8-9H2,(H,34,36)/t28-,30+/m0/s1. The van der Waals surface area contributed by atoms with Gasteiger partial charge in [-0.2, -0.15) is 0 Å². The maximum Gasteiger partial charge on any atom is 0.293 e. The van der Waals surface area contributed by atoms with Crippen LogP contribution in [0, 0.1) is 15.9 Å². The number of nitro groups is 1. The monoisotopic (exact) mass is 605 g/mol. The molecule has 1 fully saturated rings. The van der Waals surface area contributed by atoms with Gasteiger partial charge in [-0.05, 0) is 72.5 Å². The molecule has 5 rings (SSSR count). The molecule has 0 spiro atoms. The summed E-state index contributed by atoms with van der Waals surface area (Å²) in [5.41, 5.74) is 1.37. The van der Waals surface area contributed by atoms with E-state index in [0.29, 0.717) is 0 Å². The van der Waals surface area contributed by atoms with E-state index in [1.165, 1.54) is 36.4 Å². The second-order valence-electron chi connectivity index (χ2n) is 9.96. The summed E-state index contributed by atoms with van der Waals surface area (Å²) < 4.78 is 41.3. The molecular weight excluding hydrogens is 577 g/mol. The van der Waals surface area contributed by atoms with Gasteiger partial charge in [0, 0.05) is 27.8 Å². The minimum Gasteiger partial charge on any atom is -0.376 e. The number of carbonyl (C=O) groups is 1. The molecule has 0 unspecified atom stereocenters. The summed E-state index contributed by atoms with van der Waals surface area (Å²) in [7, 11) is -4.41. The second-order valence-corrected chi connectivity index (χ2v) is 13.0. The molecule has 0 bridgehead atoms. The topological polar surface area (TPSA) is 118 Å². The van der Waals surface area contributed by atoms with Crippen LogP contribution >= 0.6 is 11.8 Å². The predicted octanol–water partition coefficient (Wildman–Crippen LogP) is 7.04. The van der Waals surface area contributed by atoms with Crippen molar-refractivity contribution >= 4 is 39.1 Å². The maximum atomic E-state index is 13.2. The van der Waals surface area contributed by atoms with Gasteiger partial charge in [-0.1, -0.05) is 55.3 Å². The van der Waals surface area contributed by atoms with Gasteiger partial charge in [0.05, 0.1) is 9.82 Å². The van der Waals surface area contributed by atoms with Crippen molar-refractivity contribution < 1.29 is 22.5 Å². The first-order chi connectivity index (χ1) is 20.2. The van der Waals surface area contributed by atoms with Crippen molar-refractivity contribution in [2.75, 3.05) is 5.32 Å². The fourth-order valence-corrected chi connectivity index (χ4v) is 7.24. The molecule has 216 valence electrons. The van der Waals surface area contributed by atoms with Crippen molar-refractivity contribution in [3.8, 4) is 11.1 Å². The molecule has 0 aliphatic heterocycles. The summed E-state index contributed by atoms with van der Waals surface area (Å²) in [6, 6.07) is 25.5. The number of rotatable bonds is 9. The highest BCUT2D eigenvalue weighted by molar-refractivity contribution is 8.00. The Kier molecular flexibility index (Phi) is 8.89. The number of nitrogens with one attached hydrogen (secondary N) is 2. The molecule has 2 N–H and O–H groups in total. The van der Waals surface area contributed by atoms with Crippen LogP contribution in [0.3, 0.4) is 0 Å². The van der Waals surface area contributed by atoms with Gasteiger partial charge >= 0.3 is 0 Å². The predicted molar refractivity (Wildman–Crippen MR) is 162 cm³/mol. The van der Waals surface area contributed by atoms with E-state index in [1.807, 2.05) is 35.1 Å². The molecule has 8 nitrogen and oxygen atoms in total. The lowest BCUT2D eigenvalue weighted by atomic mass is 9.94. The van der Waals surface area contributed by atoms with Crippen LogP contribution in [-0.2, 0) is 10.0 Å². The minimum atomic E-state index is -4.41. The van der Waals surface area contributed by atoms with E-state index in [1.54, 1.807) is 36.0 Å². The highest BCUT2D eigenvalue weighted by Crippen LogP contribution is 2.37. The number of hydrogen-bond donors (Lipinski definition) is 2. The first-order valence-corrected chi connectivity index (χ1v) is 15.8. The molecule has 0 heterocycles. The molecule has 1 aliphatic carbocycles. The zero-order valence-electron chi connectivity index (χ0n) is 22.4. The van der Waals surface area contributed by atoms with Crippen molar-refractivity contribution in [2.45, 2.75) is 46.8 Å². The van der Waals surface area contributed by atoms with E-state index in [2.05, 4.69) is 5.32 Å². The Morgan fingerprint density at radius 3 is 2.19 bits per heavy atom. The lowest BCUT2D eigenvalue weighted by molar-refractivity contribution is -0.384. The summed E-state index contributed by atoms with van der Waals surface area (Å²) >= 11 is 1.73. The average molecular weight is 606 g/mol. The van der Waals surface area contributed by atoms with Crippen LogP contribution in [0.4, 0.5) is 15.8 Å². The third kappa shape index (κ3) is 6.97. The lowest BCUT2D eigenvalue weighted by Gasteiger charge is -2.32.